The zero-order chi connectivity index (χ0) is 19.5. The Hall–Kier alpha value is -2.96. The average Bonchev–Trinajstić information content (AvgIpc) is 2.62. The summed E-state index contributed by atoms with van der Waals surface area (Å²) in [6.45, 7) is 5.00. The molecule has 1 amide bonds. The molecule has 138 valence electrons. The Morgan fingerprint density at radius 1 is 1.23 bits per heavy atom. The molecule has 2 rings (SSSR count). The van der Waals surface area contributed by atoms with Crippen molar-refractivity contribution in [2.24, 2.45) is 7.05 Å². The van der Waals surface area contributed by atoms with Gasteiger partial charge in [-0.05, 0) is 31.4 Å². The fourth-order valence-corrected chi connectivity index (χ4v) is 2.97. The Bertz CT molecular complexity index is 890. The lowest BCUT2D eigenvalue weighted by molar-refractivity contribution is -0.143. The third-order valence-corrected chi connectivity index (χ3v) is 4.84. The predicted octanol–water partition coefficient (Wildman–Crippen LogP) is 1.56. The van der Waals surface area contributed by atoms with E-state index in [1.54, 1.807) is 51.1 Å². The SMILES string of the molecule is CCC(CNC(=O)c1c(C)c(C)nn(C)c1=O)(C(=O)O)c1ccccc1. The highest BCUT2D eigenvalue weighted by Crippen LogP contribution is 2.28. The van der Waals surface area contributed by atoms with Gasteiger partial charge in [0.15, 0.2) is 0 Å². The number of carboxylic acid groups (broad SMARTS) is 1. The first kappa shape index (κ1) is 19.4. The molecule has 1 unspecified atom stereocenters. The second-order valence-corrected chi connectivity index (χ2v) is 6.30. The topological polar surface area (TPSA) is 101 Å². The fourth-order valence-electron chi connectivity index (χ4n) is 2.97. The summed E-state index contributed by atoms with van der Waals surface area (Å²) in [6, 6.07) is 8.78. The molecule has 0 saturated carbocycles. The minimum Gasteiger partial charge on any atom is -0.481 e. The minimum atomic E-state index is -1.27. The third kappa shape index (κ3) is 3.37. The monoisotopic (exact) mass is 357 g/mol. The molecule has 0 bridgehead atoms. The van der Waals surface area contributed by atoms with Crippen LogP contribution in [-0.4, -0.2) is 33.3 Å². The van der Waals surface area contributed by atoms with Gasteiger partial charge in [0.25, 0.3) is 11.5 Å². The number of aromatic nitrogens is 2. The van der Waals surface area contributed by atoms with Crippen molar-refractivity contribution in [3.8, 4) is 0 Å². The molecular formula is C19H23N3O4. The smallest absolute Gasteiger partial charge is 0.315 e. The number of amides is 1. The summed E-state index contributed by atoms with van der Waals surface area (Å²) in [5.74, 6) is -1.62. The number of aryl methyl sites for hydroxylation is 2. The summed E-state index contributed by atoms with van der Waals surface area (Å²) >= 11 is 0. The van der Waals surface area contributed by atoms with Crippen LogP contribution in [0.2, 0.25) is 0 Å². The van der Waals surface area contributed by atoms with Crippen LogP contribution in [0, 0.1) is 13.8 Å². The van der Waals surface area contributed by atoms with Gasteiger partial charge in [0.05, 0.1) is 5.69 Å². The molecule has 0 aliphatic heterocycles. The van der Waals surface area contributed by atoms with Crippen molar-refractivity contribution >= 4 is 11.9 Å². The standard InChI is InChI=1S/C19H23N3O4/c1-5-19(18(25)26,14-9-7-6-8-10-14)11-20-16(23)15-12(2)13(3)21-22(4)17(15)24/h6-10H,5,11H2,1-4H3,(H,20,23)(H,25,26). The van der Waals surface area contributed by atoms with Crippen molar-refractivity contribution in [1.82, 2.24) is 15.1 Å². The molecule has 1 heterocycles. The number of aliphatic carboxylic acids is 1. The number of carboxylic acids is 1. The molecule has 1 aromatic heterocycles. The van der Waals surface area contributed by atoms with Crippen molar-refractivity contribution in [2.75, 3.05) is 6.54 Å². The molecule has 0 spiro atoms. The van der Waals surface area contributed by atoms with Crippen molar-refractivity contribution in [1.29, 1.82) is 0 Å². The van der Waals surface area contributed by atoms with Gasteiger partial charge in [-0.1, -0.05) is 37.3 Å². The molecule has 2 aromatic rings. The Morgan fingerprint density at radius 2 is 1.85 bits per heavy atom. The maximum Gasteiger partial charge on any atom is 0.315 e. The number of benzene rings is 1. The highest BCUT2D eigenvalue weighted by Gasteiger charge is 2.39. The molecule has 1 atom stereocenters. The number of nitrogens with zero attached hydrogens (tertiary/aromatic N) is 2. The first-order valence-corrected chi connectivity index (χ1v) is 8.36. The first-order valence-electron chi connectivity index (χ1n) is 8.36. The van der Waals surface area contributed by atoms with E-state index < -0.39 is 22.9 Å². The third-order valence-electron chi connectivity index (χ3n) is 4.84. The summed E-state index contributed by atoms with van der Waals surface area (Å²) in [5, 5.41) is 16.5. The zero-order valence-corrected chi connectivity index (χ0v) is 15.4. The van der Waals surface area contributed by atoms with Gasteiger partial charge in [-0.3, -0.25) is 14.4 Å². The highest BCUT2D eigenvalue weighted by atomic mass is 16.4. The van der Waals surface area contributed by atoms with E-state index in [4.69, 9.17) is 0 Å². The molecular weight excluding hydrogens is 334 g/mol. The van der Waals surface area contributed by atoms with Gasteiger partial charge in [-0.25, -0.2) is 4.68 Å². The summed E-state index contributed by atoms with van der Waals surface area (Å²) in [7, 11) is 1.48. The van der Waals surface area contributed by atoms with Crippen LogP contribution in [0.5, 0.6) is 0 Å². The lowest BCUT2D eigenvalue weighted by atomic mass is 9.78. The maximum atomic E-state index is 12.7. The summed E-state index contributed by atoms with van der Waals surface area (Å²) in [5.41, 5.74) is -0.127. The van der Waals surface area contributed by atoms with E-state index in [0.29, 0.717) is 23.2 Å². The number of rotatable bonds is 6. The van der Waals surface area contributed by atoms with Crippen molar-refractivity contribution in [3.05, 3.63) is 63.1 Å². The van der Waals surface area contributed by atoms with E-state index >= 15 is 0 Å². The fraction of sp³-hybridized carbons (Fsp3) is 0.368. The van der Waals surface area contributed by atoms with Gasteiger partial charge in [0.1, 0.15) is 11.0 Å². The van der Waals surface area contributed by atoms with Crippen molar-refractivity contribution in [2.45, 2.75) is 32.6 Å². The normalized spacial score (nSPS) is 13.1. The minimum absolute atomic E-state index is 0.0107. The van der Waals surface area contributed by atoms with Crippen LogP contribution in [-0.2, 0) is 17.3 Å². The second-order valence-electron chi connectivity index (χ2n) is 6.30. The highest BCUT2D eigenvalue weighted by molar-refractivity contribution is 5.96. The lowest BCUT2D eigenvalue weighted by Gasteiger charge is -2.29. The van der Waals surface area contributed by atoms with Crippen LogP contribution in [0.4, 0.5) is 0 Å². The molecule has 1 aromatic carbocycles. The van der Waals surface area contributed by atoms with Crippen LogP contribution in [0.1, 0.15) is 40.5 Å². The largest absolute Gasteiger partial charge is 0.481 e. The van der Waals surface area contributed by atoms with Crippen molar-refractivity contribution in [3.63, 3.8) is 0 Å². The van der Waals surface area contributed by atoms with Crippen molar-refractivity contribution < 1.29 is 14.7 Å². The predicted molar refractivity (Wildman–Crippen MR) is 97.3 cm³/mol. The number of carbonyl (C=O) groups excluding carboxylic acids is 1. The van der Waals surface area contributed by atoms with Crippen LogP contribution in [0.15, 0.2) is 35.1 Å². The molecule has 2 N–H and O–H groups in total. The Morgan fingerprint density at radius 3 is 2.38 bits per heavy atom. The molecule has 0 aliphatic carbocycles. The maximum absolute atomic E-state index is 12.7. The molecule has 0 fully saturated rings. The molecule has 0 radical (unpaired) electrons. The first-order chi connectivity index (χ1) is 12.2. The second kappa shape index (κ2) is 7.51. The number of nitrogens with one attached hydrogen (secondary N) is 1. The van der Waals surface area contributed by atoms with Gasteiger partial charge in [0.2, 0.25) is 0 Å². The van der Waals surface area contributed by atoms with E-state index in [-0.39, 0.29) is 12.1 Å². The van der Waals surface area contributed by atoms with Gasteiger partial charge in [-0.2, -0.15) is 5.10 Å². The number of hydrogen-bond donors (Lipinski definition) is 2. The Labute approximate surface area is 151 Å². The van der Waals surface area contributed by atoms with E-state index in [0.717, 1.165) is 4.68 Å². The van der Waals surface area contributed by atoms with Gasteiger partial charge >= 0.3 is 5.97 Å². The van der Waals surface area contributed by atoms with Gasteiger partial charge in [-0.15, -0.1) is 0 Å². The number of carbonyl (C=O) groups is 2. The quantitative estimate of drug-likeness (QED) is 0.817. The van der Waals surface area contributed by atoms with E-state index in [2.05, 4.69) is 10.4 Å². The Balaban J connectivity index is 2.38. The molecule has 7 nitrogen and oxygen atoms in total. The summed E-state index contributed by atoms with van der Waals surface area (Å²) in [4.78, 5) is 37.0. The molecule has 26 heavy (non-hydrogen) atoms. The molecule has 7 heteroatoms. The van der Waals surface area contributed by atoms with Gasteiger partial charge in [0, 0.05) is 13.6 Å². The summed E-state index contributed by atoms with van der Waals surface area (Å²) < 4.78 is 1.11. The average molecular weight is 357 g/mol. The van der Waals surface area contributed by atoms with Crippen LogP contribution in [0.25, 0.3) is 0 Å². The van der Waals surface area contributed by atoms with E-state index in [9.17, 15) is 19.5 Å². The Kier molecular flexibility index (Phi) is 5.59. The van der Waals surface area contributed by atoms with Crippen LogP contribution < -0.4 is 10.9 Å². The summed E-state index contributed by atoms with van der Waals surface area (Å²) in [6.07, 6.45) is 0.291. The van der Waals surface area contributed by atoms with Gasteiger partial charge < -0.3 is 10.4 Å². The zero-order valence-electron chi connectivity index (χ0n) is 15.4. The van der Waals surface area contributed by atoms with Crippen LogP contribution >= 0.6 is 0 Å². The van der Waals surface area contributed by atoms with E-state index in [1.807, 2.05) is 0 Å². The number of hydrogen-bond acceptors (Lipinski definition) is 4. The van der Waals surface area contributed by atoms with E-state index in [1.165, 1.54) is 7.05 Å². The lowest BCUT2D eigenvalue weighted by Crippen LogP contribution is -2.47. The van der Waals surface area contributed by atoms with Crippen LogP contribution in [0.3, 0.4) is 0 Å². The molecule has 0 aliphatic rings. The molecule has 0 saturated heterocycles.